The molecule has 0 aliphatic rings. The van der Waals surface area contributed by atoms with E-state index in [4.69, 9.17) is 21.8 Å². The van der Waals surface area contributed by atoms with Gasteiger partial charge in [0, 0.05) is 12.4 Å². The van der Waals surface area contributed by atoms with Crippen LogP contribution < -0.4 is 5.73 Å². The largest absolute Gasteiger partial charge is 0.459 e. The molecular formula is C14H14ClN3O. The lowest BCUT2D eigenvalue weighted by molar-refractivity contribution is 0.509. The molecule has 2 heterocycles. The van der Waals surface area contributed by atoms with Crippen molar-refractivity contribution in [2.24, 2.45) is 12.8 Å². The molecule has 0 saturated heterocycles. The van der Waals surface area contributed by atoms with Crippen molar-refractivity contribution in [3.05, 3.63) is 52.5 Å². The highest BCUT2D eigenvalue weighted by molar-refractivity contribution is 6.31. The van der Waals surface area contributed by atoms with Crippen LogP contribution in [-0.4, -0.2) is 9.78 Å². The maximum absolute atomic E-state index is 6.23. The fraction of sp³-hybridized carbons (Fsp3) is 0.214. The Labute approximate surface area is 115 Å². The van der Waals surface area contributed by atoms with Gasteiger partial charge in [-0.2, -0.15) is 5.10 Å². The van der Waals surface area contributed by atoms with Crippen LogP contribution >= 0.6 is 11.6 Å². The normalized spacial score (nSPS) is 13.1. The molecular weight excluding hydrogens is 262 g/mol. The number of hydrogen-bond donors (Lipinski definition) is 1. The van der Waals surface area contributed by atoms with Crippen LogP contribution in [0.2, 0.25) is 5.02 Å². The first kappa shape index (κ1) is 12.3. The summed E-state index contributed by atoms with van der Waals surface area (Å²) in [5.41, 5.74) is 8.99. The Kier molecular flexibility index (Phi) is 2.84. The molecule has 0 aliphatic carbocycles. The summed E-state index contributed by atoms with van der Waals surface area (Å²) in [6.07, 6.45) is 1.59. The Hall–Kier alpha value is -1.78. The molecule has 5 heteroatoms. The van der Waals surface area contributed by atoms with Gasteiger partial charge in [-0.3, -0.25) is 4.68 Å². The van der Waals surface area contributed by atoms with Crippen LogP contribution in [0.5, 0.6) is 0 Å². The Morgan fingerprint density at radius 3 is 2.84 bits per heavy atom. The fourth-order valence-corrected chi connectivity index (χ4v) is 2.52. The zero-order valence-electron chi connectivity index (χ0n) is 10.7. The molecule has 1 unspecified atom stereocenters. The number of fused-ring (bicyclic) bond motifs is 1. The van der Waals surface area contributed by atoms with Gasteiger partial charge in [-0.25, -0.2) is 0 Å². The van der Waals surface area contributed by atoms with Crippen LogP contribution in [0.25, 0.3) is 11.0 Å². The first-order chi connectivity index (χ1) is 9.06. The minimum atomic E-state index is -0.423. The third-order valence-electron chi connectivity index (χ3n) is 3.23. The maximum atomic E-state index is 6.23. The van der Waals surface area contributed by atoms with E-state index in [1.807, 2.05) is 32.2 Å². The lowest BCUT2D eigenvalue weighted by Crippen LogP contribution is -2.15. The third kappa shape index (κ3) is 2.03. The van der Waals surface area contributed by atoms with Crippen LogP contribution in [0.3, 0.4) is 0 Å². The fourth-order valence-electron chi connectivity index (χ4n) is 2.24. The molecule has 2 aromatic heterocycles. The number of halogens is 1. The molecule has 0 bridgehead atoms. The topological polar surface area (TPSA) is 57.0 Å². The van der Waals surface area contributed by atoms with Crippen LogP contribution in [0.1, 0.15) is 23.1 Å². The van der Waals surface area contributed by atoms with E-state index in [0.717, 1.165) is 16.7 Å². The van der Waals surface area contributed by atoms with Crippen molar-refractivity contribution in [3.63, 3.8) is 0 Å². The van der Waals surface area contributed by atoms with Crippen molar-refractivity contribution < 1.29 is 4.42 Å². The molecule has 0 fully saturated rings. The molecule has 3 aromatic rings. The second-order valence-electron chi connectivity index (χ2n) is 4.67. The molecule has 0 radical (unpaired) electrons. The van der Waals surface area contributed by atoms with Crippen molar-refractivity contribution in [2.75, 3.05) is 0 Å². The standard InChI is InChI=1S/C14H14ClN3O/c1-8-3-4-11-9(5-8)6-12(19-11)13(16)14-10(15)7-17-18(14)2/h3-7,13H,16H2,1-2H3. The van der Waals surface area contributed by atoms with E-state index in [9.17, 15) is 0 Å². The van der Waals surface area contributed by atoms with Crippen molar-refractivity contribution in [1.29, 1.82) is 0 Å². The third-order valence-corrected chi connectivity index (χ3v) is 3.52. The number of rotatable bonds is 2. The zero-order chi connectivity index (χ0) is 13.6. The highest BCUT2D eigenvalue weighted by Crippen LogP contribution is 2.30. The number of hydrogen-bond acceptors (Lipinski definition) is 3. The molecule has 1 aromatic carbocycles. The zero-order valence-corrected chi connectivity index (χ0v) is 11.5. The predicted molar refractivity (Wildman–Crippen MR) is 75.2 cm³/mol. The number of aryl methyl sites for hydroxylation is 2. The molecule has 3 rings (SSSR count). The van der Waals surface area contributed by atoms with Gasteiger partial charge in [0.2, 0.25) is 0 Å². The molecule has 98 valence electrons. The van der Waals surface area contributed by atoms with Crippen molar-refractivity contribution in [2.45, 2.75) is 13.0 Å². The van der Waals surface area contributed by atoms with Gasteiger partial charge < -0.3 is 10.2 Å². The summed E-state index contributed by atoms with van der Waals surface area (Å²) < 4.78 is 7.47. The summed E-state index contributed by atoms with van der Waals surface area (Å²) in [5.74, 6) is 0.686. The number of furan rings is 1. The van der Waals surface area contributed by atoms with Crippen LogP contribution in [0.15, 0.2) is 34.9 Å². The van der Waals surface area contributed by atoms with Gasteiger partial charge in [-0.15, -0.1) is 0 Å². The van der Waals surface area contributed by atoms with Gasteiger partial charge in [-0.1, -0.05) is 23.2 Å². The SMILES string of the molecule is Cc1ccc2oc(C(N)c3c(Cl)cnn3C)cc2c1. The Morgan fingerprint density at radius 1 is 1.37 bits per heavy atom. The van der Waals surface area contributed by atoms with Crippen molar-refractivity contribution in [3.8, 4) is 0 Å². The number of nitrogens with zero attached hydrogens (tertiary/aromatic N) is 2. The molecule has 0 amide bonds. The van der Waals surface area contributed by atoms with Crippen molar-refractivity contribution >= 4 is 22.6 Å². The van der Waals surface area contributed by atoms with Crippen LogP contribution in [-0.2, 0) is 7.05 Å². The summed E-state index contributed by atoms with van der Waals surface area (Å²) in [5, 5.41) is 5.69. The summed E-state index contributed by atoms with van der Waals surface area (Å²) in [6.45, 7) is 2.05. The van der Waals surface area contributed by atoms with E-state index in [1.165, 1.54) is 5.56 Å². The lowest BCUT2D eigenvalue weighted by Gasteiger charge is -2.09. The molecule has 0 saturated carbocycles. The quantitative estimate of drug-likeness (QED) is 0.781. The van der Waals surface area contributed by atoms with E-state index in [1.54, 1.807) is 10.9 Å². The highest BCUT2D eigenvalue weighted by Gasteiger charge is 2.20. The van der Waals surface area contributed by atoms with Gasteiger partial charge in [0.15, 0.2) is 0 Å². The summed E-state index contributed by atoms with van der Waals surface area (Å²) in [4.78, 5) is 0. The van der Waals surface area contributed by atoms with Gasteiger partial charge >= 0.3 is 0 Å². The van der Waals surface area contributed by atoms with E-state index < -0.39 is 6.04 Å². The molecule has 0 aliphatic heterocycles. The Morgan fingerprint density at radius 2 is 2.16 bits per heavy atom. The minimum absolute atomic E-state index is 0.423. The average molecular weight is 276 g/mol. The smallest absolute Gasteiger partial charge is 0.134 e. The summed E-state index contributed by atoms with van der Waals surface area (Å²) in [7, 11) is 1.81. The molecule has 0 spiro atoms. The second kappa shape index (κ2) is 4.40. The number of benzene rings is 1. The number of aromatic nitrogens is 2. The van der Waals surface area contributed by atoms with Gasteiger partial charge in [-0.05, 0) is 25.1 Å². The first-order valence-electron chi connectivity index (χ1n) is 5.99. The van der Waals surface area contributed by atoms with E-state index in [2.05, 4.69) is 11.2 Å². The molecule has 1 atom stereocenters. The monoisotopic (exact) mass is 275 g/mol. The van der Waals surface area contributed by atoms with E-state index in [0.29, 0.717) is 10.8 Å². The van der Waals surface area contributed by atoms with Crippen LogP contribution in [0.4, 0.5) is 0 Å². The Bertz CT molecular complexity index is 725. The molecule has 2 N–H and O–H groups in total. The summed E-state index contributed by atoms with van der Waals surface area (Å²) >= 11 is 6.11. The van der Waals surface area contributed by atoms with Crippen molar-refractivity contribution in [1.82, 2.24) is 9.78 Å². The minimum Gasteiger partial charge on any atom is -0.459 e. The first-order valence-corrected chi connectivity index (χ1v) is 6.37. The number of nitrogens with two attached hydrogens (primary N) is 1. The van der Waals surface area contributed by atoms with Crippen LogP contribution in [0, 0.1) is 6.92 Å². The van der Waals surface area contributed by atoms with E-state index in [-0.39, 0.29) is 0 Å². The molecule has 4 nitrogen and oxygen atoms in total. The highest BCUT2D eigenvalue weighted by atomic mass is 35.5. The Balaban J connectivity index is 2.09. The second-order valence-corrected chi connectivity index (χ2v) is 5.08. The van der Waals surface area contributed by atoms with E-state index >= 15 is 0 Å². The predicted octanol–water partition coefficient (Wildman–Crippen LogP) is 3.18. The van der Waals surface area contributed by atoms with Gasteiger partial charge in [0.05, 0.1) is 16.9 Å². The van der Waals surface area contributed by atoms with Gasteiger partial charge in [0.25, 0.3) is 0 Å². The van der Waals surface area contributed by atoms with Gasteiger partial charge in [0.1, 0.15) is 17.4 Å². The molecule has 19 heavy (non-hydrogen) atoms. The summed E-state index contributed by atoms with van der Waals surface area (Å²) in [6, 6.07) is 7.56. The maximum Gasteiger partial charge on any atom is 0.134 e. The lowest BCUT2D eigenvalue weighted by atomic mass is 10.1. The average Bonchev–Trinajstić information content (AvgIpc) is 2.92.